The highest BCUT2D eigenvalue weighted by Gasteiger charge is 2.28. The Kier molecular flexibility index (Phi) is 6.98. The second-order valence-electron chi connectivity index (χ2n) is 8.56. The minimum absolute atomic E-state index is 0.179. The third kappa shape index (κ3) is 4.81. The highest BCUT2D eigenvalue weighted by molar-refractivity contribution is 6.31. The summed E-state index contributed by atoms with van der Waals surface area (Å²) in [5.74, 6) is -0.733. The number of piperidine rings is 1. The summed E-state index contributed by atoms with van der Waals surface area (Å²) in [6, 6.07) is 10.1. The molecular formula is C25H27ClN4O5. The third-order valence-electron chi connectivity index (χ3n) is 6.40. The van der Waals surface area contributed by atoms with E-state index in [0.29, 0.717) is 65.5 Å². The molecule has 1 fully saturated rings. The Morgan fingerprint density at radius 1 is 1.03 bits per heavy atom. The largest absolute Gasteiger partial charge is 0.466 e. The van der Waals surface area contributed by atoms with Gasteiger partial charge in [0.15, 0.2) is 0 Å². The molecule has 0 radical (unpaired) electrons. The molecule has 9 nitrogen and oxygen atoms in total. The first-order valence-corrected chi connectivity index (χ1v) is 11.8. The van der Waals surface area contributed by atoms with Gasteiger partial charge in [0.05, 0.1) is 34.9 Å². The van der Waals surface area contributed by atoms with Crippen molar-refractivity contribution in [3.63, 3.8) is 0 Å². The highest BCUT2D eigenvalue weighted by atomic mass is 35.5. The summed E-state index contributed by atoms with van der Waals surface area (Å²) in [5, 5.41) is 3.38. The number of nitrogens with zero attached hydrogens (tertiary/aromatic N) is 3. The van der Waals surface area contributed by atoms with Crippen LogP contribution in [0, 0.1) is 5.92 Å². The van der Waals surface area contributed by atoms with E-state index in [0.717, 1.165) is 0 Å². The predicted octanol–water partition coefficient (Wildman–Crippen LogP) is 2.92. The molecule has 0 aliphatic carbocycles. The van der Waals surface area contributed by atoms with Gasteiger partial charge in [-0.25, -0.2) is 0 Å². The van der Waals surface area contributed by atoms with Gasteiger partial charge in [-0.3, -0.25) is 19.2 Å². The number of ether oxygens (including phenoxy) is 1. The molecule has 4 rings (SSSR count). The second kappa shape index (κ2) is 9.95. The summed E-state index contributed by atoms with van der Waals surface area (Å²) < 4.78 is 7.77. The Hall–Kier alpha value is -3.59. The lowest BCUT2D eigenvalue weighted by Crippen LogP contribution is -2.40. The van der Waals surface area contributed by atoms with Gasteiger partial charge in [0.1, 0.15) is 0 Å². The number of rotatable bonds is 5. The standard InChI is InChI=1S/C25H27ClN4O5/c1-4-35-25(34)15-8-10-30(11-9-15)19-14-21-20(28(2)23(32)24(33)29(21)3)13-18(19)27-22(31)16-6-5-7-17(26)12-16/h5-7,12-15H,4,8-11H2,1-3H3,(H,27,31). The zero-order valence-electron chi connectivity index (χ0n) is 19.8. The van der Waals surface area contributed by atoms with Gasteiger partial charge in [0, 0.05) is 37.8 Å². The van der Waals surface area contributed by atoms with Crippen LogP contribution in [0.5, 0.6) is 0 Å². The fourth-order valence-corrected chi connectivity index (χ4v) is 4.60. The molecule has 35 heavy (non-hydrogen) atoms. The highest BCUT2D eigenvalue weighted by Crippen LogP contribution is 2.34. The summed E-state index contributed by atoms with van der Waals surface area (Å²) in [5.41, 5.74) is 1.34. The topological polar surface area (TPSA) is 103 Å². The minimum Gasteiger partial charge on any atom is -0.466 e. The fourth-order valence-electron chi connectivity index (χ4n) is 4.41. The smallest absolute Gasteiger partial charge is 0.316 e. The van der Waals surface area contributed by atoms with Gasteiger partial charge in [-0.05, 0) is 50.1 Å². The lowest BCUT2D eigenvalue weighted by molar-refractivity contribution is -0.148. The minimum atomic E-state index is -0.657. The number of anilines is 2. The van der Waals surface area contributed by atoms with E-state index < -0.39 is 11.1 Å². The molecule has 0 atom stereocenters. The number of aromatic nitrogens is 2. The summed E-state index contributed by atoms with van der Waals surface area (Å²) >= 11 is 6.06. The van der Waals surface area contributed by atoms with Crippen LogP contribution in [0.2, 0.25) is 5.02 Å². The van der Waals surface area contributed by atoms with Crippen molar-refractivity contribution in [2.45, 2.75) is 19.8 Å². The number of nitrogens with one attached hydrogen (secondary N) is 1. The van der Waals surface area contributed by atoms with Crippen LogP contribution in [0.1, 0.15) is 30.1 Å². The van der Waals surface area contributed by atoms with Crippen molar-refractivity contribution in [2.24, 2.45) is 20.0 Å². The molecule has 1 saturated heterocycles. The van der Waals surface area contributed by atoms with Crippen molar-refractivity contribution in [2.75, 3.05) is 29.9 Å². The average molecular weight is 499 g/mol. The molecule has 184 valence electrons. The molecule has 1 N–H and O–H groups in total. The Labute approximate surface area is 206 Å². The summed E-state index contributed by atoms with van der Waals surface area (Å²) in [7, 11) is 3.08. The van der Waals surface area contributed by atoms with E-state index in [1.165, 1.54) is 16.2 Å². The van der Waals surface area contributed by atoms with E-state index in [4.69, 9.17) is 16.3 Å². The number of benzene rings is 2. The van der Waals surface area contributed by atoms with Crippen LogP contribution in [-0.2, 0) is 23.6 Å². The quantitative estimate of drug-likeness (QED) is 0.428. The molecule has 1 aliphatic rings. The molecule has 2 heterocycles. The van der Waals surface area contributed by atoms with E-state index >= 15 is 0 Å². The number of hydrogen-bond acceptors (Lipinski definition) is 6. The van der Waals surface area contributed by atoms with Crippen molar-refractivity contribution in [3.05, 3.63) is 67.7 Å². The van der Waals surface area contributed by atoms with Gasteiger partial charge < -0.3 is 24.1 Å². The maximum atomic E-state index is 13.1. The van der Waals surface area contributed by atoms with Crippen molar-refractivity contribution in [1.29, 1.82) is 0 Å². The normalized spacial score (nSPS) is 14.2. The van der Waals surface area contributed by atoms with Gasteiger partial charge in [0.2, 0.25) is 0 Å². The molecule has 0 unspecified atom stereocenters. The van der Waals surface area contributed by atoms with Crippen LogP contribution in [-0.4, -0.2) is 40.7 Å². The number of aryl methyl sites for hydroxylation is 2. The van der Waals surface area contributed by atoms with Crippen molar-refractivity contribution in [1.82, 2.24) is 9.13 Å². The number of amides is 1. The molecular weight excluding hydrogens is 472 g/mol. The second-order valence-corrected chi connectivity index (χ2v) is 9.00. The zero-order chi connectivity index (χ0) is 25.3. The number of carbonyl (C=O) groups excluding carboxylic acids is 2. The van der Waals surface area contributed by atoms with Crippen LogP contribution >= 0.6 is 11.6 Å². The Balaban J connectivity index is 1.77. The molecule has 0 saturated carbocycles. The maximum Gasteiger partial charge on any atom is 0.316 e. The van der Waals surface area contributed by atoms with Gasteiger partial charge in [0.25, 0.3) is 5.91 Å². The monoisotopic (exact) mass is 498 g/mol. The maximum absolute atomic E-state index is 13.1. The summed E-state index contributed by atoms with van der Waals surface area (Å²) in [6.45, 7) is 3.26. The van der Waals surface area contributed by atoms with E-state index in [9.17, 15) is 19.2 Å². The fraction of sp³-hybridized carbons (Fsp3) is 0.360. The van der Waals surface area contributed by atoms with Crippen LogP contribution in [0.4, 0.5) is 11.4 Å². The van der Waals surface area contributed by atoms with Crippen molar-refractivity contribution in [3.8, 4) is 0 Å². The van der Waals surface area contributed by atoms with Crippen molar-refractivity contribution >= 4 is 45.9 Å². The van der Waals surface area contributed by atoms with Gasteiger partial charge in [-0.15, -0.1) is 0 Å². The zero-order valence-corrected chi connectivity index (χ0v) is 20.6. The molecule has 1 amide bonds. The van der Waals surface area contributed by atoms with Gasteiger partial charge in [-0.2, -0.15) is 0 Å². The number of carbonyl (C=O) groups is 2. The first kappa shape index (κ1) is 24.5. The molecule has 2 aromatic carbocycles. The molecule has 1 aromatic heterocycles. The first-order valence-electron chi connectivity index (χ1n) is 11.4. The van der Waals surface area contributed by atoms with Crippen LogP contribution in [0.3, 0.4) is 0 Å². The van der Waals surface area contributed by atoms with Crippen LogP contribution < -0.4 is 21.3 Å². The van der Waals surface area contributed by atoms with Gasteiger partial charge in [-0.1, -0.05) is 17.7 Å². The average Bonchev–Trinajstić information content (AvgIpc) is 2.86. The molecule has 1 aliphatic heterocycles. The lowest BCUT2D eigenvalue weighted by atomic mass is 9.96. The first-order chi connectivity index (χ1) is 16.7. The Morgan fingerprint density at radius 3 is 2.26 bits per heavy atom. The molecule has 10 heteroatoms. The van der Waals surface area contributed by atoms with Crippen LogP contribution in [0.25, 0.3) is 11.0 Å². The Bertz CT molecular complexity index is 1420. The van der Waals surface area contributed by atoms with Crippen LogP contribution in [0.15, 0.2) is 46.0 Å². The number of fused-ring (bicyclic) bond motifs is 1. The SMILES string of the molecule is CCOC(=O)C1CCN(c2cc3c(cc2NC(=O)c2cccc(Cl)c2)n(C)c(=O)c(=O)n3C)CC1. The van der Waals surface area contributed by atoms with Crippen molar-refractivity contribution < 1.29 is 14.3 Å². The van der Waals surface area contributed by atoms with E-state index in [1.54, 1.807) is 50.4 Å². The lowest BCUT2D eigenvalue weighted by Gasteiger charge is -2.34. The van der Waals surface area contributed by atoms with E-state index in [-0.39, 0.29) is 17.8 Å². The van der Waals surface area contributed by atoms with E-state index in [2.05, 4.69) is 10.2 Å². The number of esters is 1. The van der Waals surface area contributed by atoms with E-state index in [1.807, 2.05) is 0 Å². The predicted molar refractivity (Wildman–Crippen MR) is 135 cm³/mol. The molecule has 3 aromatic rings. The Morgan fingerprint density at radius 2 is 1.66 bits per heavy atom. The van der Waals surface area contributed by atoms with Gasteiger partial charge >= 0.3 is 17.1 Å². The summed E-state index contributed by atoms with van der Waals surface area (Å²) in [4.78, 5) is 52.1. The number of hydrogen-bond donors (Lipinski definition) is 1. The molecule has 0 spiro atoms. The third-order valence-corrected chi connectivity index (χ3v) is 6.63. The number of halogens is 1. The molecule has 0 bridgehead atoms. The summed E-state index contributed by atoms with van der Waals surface area (Å²) in [6.07, 6.45) is 1.20.